The van der Waals surface area contributed by atoms with Crippen molar-refractivity contribution in [2.24, 2.45) is 0 Å². The average molecular weight is 259 g/mol. The first-order valence-corrected chi connectivity index (χ1v) is 10.7. The quantitative estimate of drug-likeness (QED) is 0.509. The smallest absolute Gasteiger partial charge is 0.242 e. The van der Waals surface area contributed by atoms with Crippen LogP contribution in [0, 0.1) is 0 Å². The van der Waals surface area contributed by atoms with Gasteiger partial charge in [0.15, 0.2) is 0 Å². The van der Waals surface area contributed by atoms with E-state index < -0.39 is 8.32 Å². The van der Waals surface area contributed by atoms with E-state index in [-0.39, 0.29) is 0 Å². The lowest BCUT2D eigenvalue weighted by atomic mass is 10.0. The highest BCUT2D eigenvalue weighted by molar-refractivity contribution is 8.03. The van der Waals surface area contributed by atoms with Crippen LogP contribution in [0.2, 0.25) is 19.6 Å². The molecule has 0 saturated heterocycles. The van der Waals surface area contributed by atoms with Crippen LogP contribution in [-0.4, -0.2) is 13.6 Å². The fraction of sp³-hybridized carbons (Fsp3) is 0.846. The summed E-state index contributed by atoms with van der Waals surface area (Å²) < 4.78 is 6.18. The summed E-state index contributed by atoms with van der Waals surface area (Å²) in [6.45, 7) is 11.1. The molecule has 16 heavy (non-hydrogen) atoms. The Morgan fingerprint density at radius 1 is 1.06 bits per heavy atom. The first kappa shape index (κ1) is 14.2. The van der Waals surface area contributed by atoms with Gasteiger partial charge in [0.1, 0.15) is 5.09 Å². The van der Waals surface area contributed by atoms with Crippen LogP contribution >= 0.6 is 11.8 Å². The third kappa shape index (κ3) is 5.44. The van der Waals surface area contributed by atoms with E-state index in [0.29, 0.717) is 0 Å². The van der Waals surface area contributed by atoms with Gasteiger partial charge in [0.05, 0.1) is 0 Å². The van der Waals surface area contributed by atoms with E-state index in [4.69, 9.17) is 4.43 Å². The number of rotatable bonds is 4. The van der Waals surface area contributed by atoms with Crippen molar-refractivity contribution in [3.63, 3.8) is 0 Å². The molecule has 1 aliphatic rings. The van der Waals surface area contributed by atoms with Gasteiger partial charge in [-0.1, -0.05) is 31.0 Å². The Morgan fingerprint density at radius 2 is 1.62 bits per heavy atom. The van der Waals surface area contributed by atoms with Crippen molar-refractivity contribution in [2.75, 3.05) is 0 Å². The fourth-order valence-electron chi connectivity index (χ4n) is 1.86. The highest BCUT2D eigenvalue weighted by Gasteiger charge is 2.22. The molecule has 1 fully saturated rings. The predicted octanol–water partition coefficient (Wildman–Crippen LogP) is 5.16. The summed E-state index contributed by atoms with van der Waals surface area (Å²) in [6, 6.07) is 0. The van der Waals surface area contributed by atoms with Crippen LogP contribution in [0.1, 0.15) is 46.0 Å². The molecule has 0 unspecified atom stereocenters. The zero-order valence-corrected chi connectivity index (χ0v) is 13.2. The van der Waals surface area contributed by atoms with Crippen LogP contribution in [0.15, 0.2) is 10.7 Å². The van der Waals surface area contributed by atoms with Crippen LogP contribution < -0.4 is 0 Å². The lowest BCUT2D eigenvalue weighted by Crippen LogP contribution is -2.25. The Hall–Kier alpha value is 0.107. The number of hydrogen-bond donors (Lipinski definition) is 0. The van der Waals surface area contributed by atoms with Gasteiger partial charge in [-0.3, -0.25) is 0 Å². The van der Waals surface area contributed by atoms with Crippen molar-refractivity contribution in [3.8, 4) is 0 Å². The first-order valence-electron chi connectivity index (χ1n) is 6.41. The normalized spacial score (nSPS) is 18.3. The topological polar surface area (TPSA) is 9.23 Å². The highest BCUT2D eigenvalue weighted by atomic mass is 32.2. The van der Waals surface area contributed by atoms with E-state index in [9.17, 15) is 0 Å². The Labute approximate surface area is 106 Å². The number of hydrogen-bond acceptors (Lipinski definition) is 2. The molecule has 1 saturated carbocycles. The SMILES string of the molecule is CC(C)=C(O[Si](C)(C)C)SC1CCCCC1. The highest BCUT2D eigenvalue weighted by Crippen LogP contribution is 2.36. The molecule has 0 amide bonds. The summed E-state index contributed by atoms with van der Waals surface area (Å²) in [5.41, 5.74) is 1.35. The van der Waals surface area contributed by atoms with Gasteiger partial charge in [-0.15, -0.1) is 0 Å². The van der Waals surface area contributed by atoms with Crippen molar-refractivity contribution < 1.29 is 4.43 Å². The molecule has 3 heteroatoms. The van der Waals surface area contributed by atoms with E-state index in [1.807, 2.05) is 11.8 Å². The van der Waals surface area contributed by atoms with Crippen molar-refractivity contribution in [1.29, 1.82) is 0 Å². The van der Waals surface area contributed by atoms with Gasteiger partial charge in [-0.2, -0.15) is 0 Å². The van der Waals surface area contributed by atoms with Gasteiger partial charge in [0.25, 0.3) is 0 Å². The maximum atomic E-state index is 6.18. The standard InChI is InChI=1S/C13H26OSSi/c1-11(2)13(14-16(3,4)5)15-12-9-7-6-8-10-12/h12H,6-10H2,1-5H3. The summed E-state index contributed by atoms with van der Waals surface area (Å²) in [6.07, 6.45) is 6.98. The lowest BCUT2D eigenvalue weighted by Gasteiger charge is -2.27. The Balaban J connectivity index is 2.55. The van der Waals surface area contributed by atoms with E-state index in [1.165, 1.54) is 42.8 Å². The molecule has 0 bridgehead atoms. The number of thioether (sulfide) groups is 1. The molecule has 0 radical (unpaired) electrons. The zero-order chi connectivity index (χ0) is 12.2. The minimum Gasteiger partial charge on any atom is -0.540 e. The van der Waals surface area contributed by atoms with Crippen LogP contribution in [-0.2, 0) is 4.43 Å². The van der Waals surface area contributed by atoms with E-state index in [2.05, 4.69) is 33.5 Å². The lowest BCUT2D eigenvalue weighted by molar-refractivity contribution is 0.453. The Morgan fingerprint density at radius 3 is 2.06 bits per heavy atom. The Bertz CT molecular complexity index is 245. The van der Waals surface area contributed by atoms with E-state index in [1.54, 1.807) is 0 Å². The predicted molar refractivity (Wildman–Crippen MR) is 77.3 cm³/mol. The van der Waals surface area contributed by atoms with Crippen LogP contribution in [0.25, 0.3) is 0 Å². The second-order valence-electron chi connectivity index (χ2n) is 5.88. The molecule has 1 rings (SSSR count). The van der Waals surface area contributed by atoms with Crippen molar-refractivity contribution in [3.05, 3.63) is 10.7 Å². The first-order chi connectivity index (χ1) is 7.38. The fourth-order valence-corrected chi connectivity index (χ4v) is 4.67. The summed E-state index contributed by atoms with van der Waals surface area (Å²) >= 11 is 1.99. The van der Waals surface area contributed by atoms with Crippen molar-refractivity contribution in [1.82, 2.24) is 0 Å². The molecule has 1 aliphatic carbocycles. The molecule has 0 aromatic heterocycles. The second-order valence-corrected chi connectivity index (χ2v) is 11.6. The Kier molecular flexibility index (Phi) is 5.45. The van der Waals surface area contributed by atoms with Crippen LogP contribution in [0.3, 0.4) is 0 Å². The molecule has 0 aromatic rings. The summed E-state index contributed by atoms with van der Waals surface area (Å²) in [5, 5.41) is 2.01. The summed E-state index contributed by atoms with van der Waals surface area (Å²) in [5.74, 6) is 0. The van der Waals surface area contributed by atoms with E-state index in [0.717, 1.165) is 5.25 Å². The van der Waals surface area contributed by atoms with Gasteiger partial charge in [0.2, 0.25) is 8.32 Å². The van der Waals surface area contributed by atoms with Gasteiger partial charge in [0, 0.05) is 5.25 Å². The third-order valence-electron chi connectivity index (χ3n) is 2.63. The van der Waals surface area contributed by atoms with Gasteiger partial charge >= 0.3 is 0 Å². The summed E-state index contributed by atoms with van der Waals surface area (Å²) in [7, 11) is -1.45. The second kappa shape index (κ2) is 6.15. The molecule has 1 nitrogen and oxygen atoms in total. The molecular weight excluding hydrogens is 232 g/mol. The molecular formula is C13H26OSSi. The molecule has 0 spiro atoms. The monoisotopic (exact) mass is 258 g/mol. The minimum absolute atomic E-state index is 0.801. The van der Waals surface area contributed by atoms with Gasteiger partial charge < -0.3 is 4.43 Å². The van der Waals surface area contributed by atoms with E-state index >= 15 is 0 Å². The van der Waals surface area contributed by atoms with Crippen LogP contribution in [0.4, 0.5) is 0 Å². The summed E-state index contributed by atoms with van der Waals surface area (Å²) in [4.78, 5) is 0. The molecule has 94 valence electrons. The molecule has 0 aromatic carbocycles. The van der Waals surface area contributed by atoms with Gasteiger partial charge in [-0.05, 0) is 51.9 Å². The van der Waals surface area contributed by atoms with Crippen LogP contribution in [0.5, 0.6) is 0 Å². The average Bonchev–Trinajstić information content (AvgIpc) is 2.16. The molecule has 0 heterocycles. The molecule has 0 N–H and O–H groups in total. The molecule has 0 aliphatic heterocycles. The third-order valence-corrected chi connectivity index (χ3v) is 5.11. The van der Waals surface area contributed by atoms with Gasteiger partial charge in [-0.25, -0.2) is 0 Å². The molecule has 0 atom stereocenters. The minimum atomic E-state index is -1.45. The maximum absolute atomic E-state index is 6.18. The number of allylic oxidation sites excluding steroid dienone is 1. The zero-order valence-electron chi connectivity index (χ0n) is 11.4. The maximum Gasteiger partial charge on any atom is 0.242 e. The van der Waals surface area contributed by atoms with Crippen molar-refractivity contribution >= 4 is 20.1 Å². The van der Waals surface area contributed by atoms with Crippen molar-refractivity contribution in [2.45, 2.75) is 70.8 Å². The largest absolute Gasteiger partial charge is 0.540 e.